The molecule has 1 saturated heterocycles. The van der Waals surface area contributed by atoms with Gasteiger partial charge in [0.1, 0.15) is 10.5 Å². The number of rotatable bonds is 5. The second-order valence-corrected chi connectivity index (χ2v) is 4.98. The number of pyridine rings is 1. The highest BCUT2D eigenvalue weighted by atomic mass is 79.9. The van der Waals surface area contributed by atoms with Gasteiger partial charge in [-0.1, -0.05) is 0 Å². The quantitative estimate of drug-likeness (QED) is 0.640. The minimum atomic E-state index is -0.252. The number of nitrogens with one attached hydrogen (secondary N) is 2. The highest BCUT2D eigenvalue weighted by Crippen LogP contribution is 2.24. The molecule has 1 amide bonds. The Bertz CT molecular complexity index is 440. The Labute approximate surface area is 118 Å². The van der Waals surface area contributed by atoms with Crippen molar-refractivity contribution in [1.82, 2.24) is 4.98 Å². The van der Waals surface area contributed by atoms with Crippen LogP contribution in [-0.4, -0.2) is 36.0 Å². The molecule has 5 nitrogen and oxygen atoms in total. The SMILES string of the molecule is O=C(CCl)Nc1cc(Br)ncc1NCC1CCO1. The molecule has 2 N–H and O–H groups in total. The monoisotopic (exact) mass is 333 g/mol. The summed E-state index contributed by atoms with van der Waals surface area (Å²) in [6.07, 6.45) is 2.96. The molecule has 1 aromatic rings. The number of amides is 1. The largest absolute Gasteiger partial charge is 0.380 e. The number of carbonyl (C=O) groups excluding carboxylic acids is 1. The molecule has 0 aliphatic carbocycles. The van der Waals surface area contributed by atoms with Gasteiger partial charge < -0.3 is 15.4 Å². The van der Waals surface area contributed by atoms with E-state index in [0.717, 1.165) is 18.7 Å². The van der Waals surface area contributed by atoms with E-state index in [0.29, 0.717) is 16.8 Å². The summed E-state index contributed by atoms with van der Waals surface area (Å²) in [6.45, 7) is 1.52. The molecule has 7 heteroatoms. The lowest BCUT2D eigenvalue weighted by atomic mass is 10.2. The summed E-state index contributed by atoms with van der Waals surface area (Å²) in [5, 5.41) is 5.92. The number of aromatic nitrogens is 1. The molecule has 1 aliphatic rings. The van der Waals surface area contributed by atoms with E-state index in [-0.39, 0.29) is 17.9 Å². The third-order valence-corrected chi connectivity index (χ3v) is 3.26. The van der Waals surface area contributed by atoms with E-state index in [2.05, 4.69) is 31.5 Å². The van der Waals surface area contributed by atoms with Crippen molar-refractivity contribution >= 4 is 44.8 Å². The number of hydrogen-bond acceptors (Lipinski definition) is 4. The zero-order valence-electron chi connectivity index (χ0n) is 9.58. The lowest BCUT2D eigenvalue weighted by Crippen LogP contribution is -2.33. The van der Waals surface area contributed by atoms with Gasteiger partial charge in [0.15, 0.2) is 0 Å². The lowest BCUT2D eigenvalue weighted by molar-refractivity contribution is -0.113. The van der Waals surface area contributed by atoms with Crippen LogP contribution in [0.3, 0.4) is 0 Å². The van der Waals surface area contributed by atoms with Gasteiger partial charge in [-0.15, -0.1) is 11.6 Å². The van der Waals surface area contributed by atoms with Gasteiger partial charge in [0.05, 0.1) is 23.7 Å². The Balaban J connectivity index is 2.04. The van der Waals surface area contributed by atoms with Crippen molar-refractivity contribution in [3.05, 3.63) is 16.9 Å². The molecule has 1 atom stereocenters. The van der Waals surface area contributed by atoms with Crippen LogP contribution in [0.2, 0.25) is 0 Å². The highest BCUT2D eigenvalue weighted by Gasteiger charge is 2.18. The molecule has 1 aromatic heterocycles. The summed E-state index contributed by atoms with van der Waals surface area (Å²) in [5.74, 6) is -0.330. The van der Waals surface area contributed by atoms with Gasteiger partial charge in [-0.2, -0.15) is 0 Å². The fourth-order valence-corrected chi connectivity index (χ4v) is 1.93. The van der Waals surface area contributed by atoms with E-state index < -0.39 is 0 Å². The second-order valence-electron chi connectivity index (χ2n) is 3.90. The maximum absolute atomic E-state index is 11.3. The topological polar surface area (TPSA) is 63.2 Å². The van der Waals surface area contributed by atoms with Gasteiger partial charge in [-0.25, -0.2) is 4.98 Å². The summed E-state index contributed by atoms with van der Waals surface area (Å²) < 4.78 is 5.97. The predicted molar refractivity (Wildman–Crippen MR) is 74.1 cm³/mol. The standard InChI is InChI=1S/C11H13BrClN3O2/c12-10-3-8(16-11(17)4-13)9(6-15-10)14-5-7-1-2-18-7/h3,6-7,14H,1-2,4-5H2,(H,15,16,17). The van der Waals surface area contributed by atoms with Crippen molar-refractivity contribution in [2.75, 3.05) is 29.7 Å². The van der Waals surface area contributed by atoms with Crippen LogP contribution in [0.5, 0.6) is 0 Å². The van der Waals surface area contributed by atoms with Gasteiger partial charge in [-0.3, -0.25) is 4.79 Å². The van der Waals surface area contributed by atoms with Crippen LogP contribution >= 0.6 is 27.5 Å². The molecule has 1 unspecified atom stereocenters. The van der Waals surface area contributed by atoms with E-state index in [9.17, 15) is 4.79 Å². The first-order valence-electron chi connectivity index (χ1n) is 5.56. The molecule has 0 saturated carbocycles. The van der Waals surface area contributed by atoms with Crippen molar-refractivity contribution in [3.63, 3.8) is 0 Å². The van der Waals surface area contributed by atoms with Gasteiger partial charge in [0, 0.05) is 13.2 Å². The first kappa shape index (κ1) is 13.6. The summed E-state index contributed by atoms with van der Waals surface area (Å²) in [4.78, 5) is 15.4. The number of nitrogens with zero attached hydrogens (tertiary/aromatic N) is 1. The van der Waals surface area contributed by atoms with Crippen molar-refractivity contribution < 1.29 is 9.53 Å². The number of hydrogen-bond donors (Lipinski definition) is 2. The van der Waals surface area contributed by atoms with Gasteiger partial charge in [-0.05, 0) is 28.4 Å². The Morgan fingerprint density at radius 2 is 2.39 bits per heavy atom. The number of alkyl halides is 1. The smallest absolute Gasteiger partial charge is 0.239 e. The normalized spacial score (nSPS) is 18.0. The molecule has 1 aliphatic heterocycles. The molecule has 0 aromatic carbocycles. The molecule has 0 spiro atoms. The fraction of sp³-hybridized carbons (Fsp3) is 0.455. The zero-order chi connectivity index (χ0) is 13.0. The fourth-order valence-electron chi connectivity index (χ4n) is 1.53. The Morgan fingerprint density at radius 3 is 3.00 bits per heavy atom. The molecule has 0 bridgehead atoms. The van der Waals surface area contributed by atoms with Crippen molar-refractivity contribution in [2.45, 2.75) is 12.5 Å². The van der Waals surface area contributed by atoms with Crippen LogP contribution in [0.25, 0.3) is 0 Å². The molecular formula is C11H13BrClN3O2. The molecule has 0 radical (unpaired) electrons. The van der Waals surface area contributed by atoms with Gasteiger partial charge in [0.25, 0.3) is 0 Å². The number of ether oxygens (including phenoxy) is 1. The van der Waals surface area contributed by atoms with E-state index in [1.54, 1.807) is 12.3 Å². The molecular weight excluding hydrogens is 321 g/mol. The average molecular weight is 335 g/mol. The van der Waals surface area contributed by atoms with Gasteiger partial charge in [0.2, 0.25) is 5.91 Å². The molecule has 18 heavy (non-hydrogen) atoms. The number of anilines is 2. The van der Waals surface area contributed by atoms with Crippen LogP contribution in [0, 0.1) is 0 Å². The van der Waals surface area contributed by atoms with E-state index in [1.165, 1.54) is 0 Å². The summed E-state index contributed by atoms with van der Waals surface area (Å²) in [7, 11) is 0. The van der Waals surface area contributed by atoms with Crippen molar-refractivity contribution in [2.24, 2.45) is 0 Å². The Kier molecular flexibility index (Phi) is 4.79. The van der Waals surface area contributed by atoms with Crippen LogP contribution in [0.1, 0.15) is 6.42 Å². The predicted octanol–water partition coefficient (Wildman–Crippen LogP) is 2.22. The van der Waals surface area contributed by atoms with Crippen molar-refractivity contribution in [3.8, 4) is 0 Å². The van der Waals surface area contributed by atoms with Crippen LogP contribution in [0.4, 0.5) is 11.4 Å². The minimum Gasteiger partial charge on any atom is -0.380 e. The summed E-state index contributed by atoms with van der Waals surface area (Å²) in [6, 6.07) is 1.73. The first-order valence-corrected chi connectivity index (χ1v) is 6.88. The average Bonchev–Trinajstić information content (AvgIpc) is 2.29. The van der Waals surface area contributed by atoms with E-state index in [4.69, 9.17) is 16.3 Å². The summed E-state index contributed by atoms with van der Waals surface area (Å²) in [5.41, 5.74) is 1.41. The highest BCUT2D eigenvalue weighted by molar-refractivity contribution is 9.10. The van der Waals surface area contributed by atoms with Crippen LogP contribution in [-0.2, 0) is 9.53 Å². The van der Waals surface area contributed by atoms with Crippen molar-refractivity contribution in [1.29, 1.82) is 0 Å². The third-order valence-electron chi connectivity index (χ3n) is 2.58. The maximum atomic E-state index is 11.3. The Morgan fingerprint density at radius 1 is 1.61 bits per heavy atom. The lowest BCUT2D eigenvalue weighted by Gasteiger charge is -2.27. The first-order chi connectivity index (χ1) is 8.69. The number of carbonyl (C=O) groups is 1. The molecule has 2 rings (SSSR count). The molecule has 98 valence electrons. The van der Waals surface area contributed by atoms with Crippen LogP contribution < -0.4 is 10.6 Å². The van der Waals surface area contributed by atoms with E-state index >= 15 is 0 Å². The second kappa shape index (κ2) is 6.36. The van der Waals surface area contributed by atoms with E-state index in [1.807, 2.05) is 0 Å². The maximum Gasteiger partial charge on any atom is 0.239 e. The Hall–Kier alpha value is -0.850. The van der Waals surface area contributed by atoms with Gasteiger partial charge >= 0.3 is 0 Å². The third kappa shape index (κ3) is 3.57. The number of halogens is 2. The van der Waals surface area contributed by atoms with Crippen LogP contribution in [0.15, 0.2) is 16.9 Å². The summed E-state index contributed by atoms with van der Waals surface area (Å²) >= 11 is 8.74. The zero-order valence-corrected chi connectivity index (χ0v) is 11.9. The minimum absolute atomic E-state index is 0.0783. The molecule has 1 fully saturated rings. The molecule has 2 heterocycles.